The Hall–Kier alpha value is -0.0800. The van der Waals surface area contributed by atoms with Gasteiger partial charge in [0.25, 0.3) is 0 Å². The first-order chi connectivity index (χ1) is 5.33. The summed E-state index contributed by atoms with van der Waals surface area (Å²) in [4.78, 5) is 0. The van der Waals surface area contributed by atoms with Crippen LogP contribution >= 0.6 is 0 Å². The summed E-state index contributed by atoms with van der Waals surface area (Å²) in [5.41, 5.74) is 1.21. The molecule has 2 aliphatic heterocycles. The Labute approximate surface area is 67.3 Å². The first-order valence-electron chi connectivity index (χ1n) is 4.66. The topological polar surface area (TPSA) is 21.3 Å². The van der Waals surface area contributed by atoms with Gasteiger partial charge in [0.1, 0.15) is 0 Å². The molecule has 2 nitrogen and oxygen atoms in total. The maximum absolute atomic E-state index is 5.44. The molecule has 0 aromatic carbocycles. The molecule has 11 heavy (non-hydrogen) atoms. The van der Waals surface area contributed by atoms with Crippen LogP contribution in [0.15, 0.2) is 0 Å². The van der Waals surface area contributed by atoms with Gasteiger partial charge in [0, 0.05) is 12.1 Å². The molecule has 1 N–H and O–H groups in total. The Morgan fingerprint density at radius 3 is 2.45 bits per heavy atom. The number of hydrogen-bond acceptors (Lipinski definition) is 2. The zero-order chi connectivity index (χ0) is 7.36. The van der Waals surface area contributed by atoms with Gasteiger partial charge in [0.15, 0.2) is 0 Å². The van der Waals surface area contributed by atoms with E-state index in [2.05, 4.69) is 5.32 Å². The van der Waals surface area contributed by atoms with Crippen molar-refractivity contribution in [2.24, 2.45) is 5.41 Å². The lowest BCUT2D eigenvalue weighted by molar-refractivity contribution is -0.0459. The number of hydrogen-bond donors (Lipinski definition) is 1. The number of nitrogens with one attached hydrogen (secondary N) is 1. The summed E-state index contributed by atoms with van der Waals surface area (Å²) in [7, 11) is 0. The van der Waals surface area contributed by atoms with Crippen molar-refractivity contribution < 1.29 is 4.74 Å². The van der Waals surface area contributed by atoms with Gasteiger partial charge in [0.05, 0.1) is 6.61 Å². The standard InChI is InChI=1S/C9H15NO/c1-3-10-9(1)5-8(6-9)2-4-11-7-8/h10H,1-7H2. The van der Waals surface area contributed by atoms with Crippen molar-refractivity contribution in [1.29, 1.82) is 0 Å². The molecule has 1 aliphatic carbocycles. The van der Waals surface area contributed by atoms with Crippen LogP contribution in [0.5, 0.6) is 0 Å². The van der Waals surface area contributed by atoms with Crippen LogP contribution in [-0.4, -0.2) is 25.3 Å². The normalized spacial score (nSPS) is 54.5. The van der Waals surface area contributed by atoms with Gasteiger partial charge in [-0.15, -0.1) is 0 Å². The fourth-order valence-corrected chi connectivity index (χ4v) is 3.09. The van der Waals surface area contributed by atoms with E-state index in [1.807, 2.05) is 0 Å². The molecule has 0 atom stereocenters. The van der Waals surface area contributed by atoms with E-state index in [-0.39, 0.29) is 0 Å². The molecule has 3 fully saturated rings. The van der Waals surface area contributed by atoms with Crippen LogP contribution in [0.2, 0.25) is 0 Å². The minimum Gasteiger partial charge on any atom is -0.381 e. The van der Waals surface area contributed by atoms with Crippen molar-refractivity contribution in [3.63, 3.8) is 0 Å². The zero-order valence-corrected chi connectivity index (χ0v) is 6.86. The van der Waals surface area contributed by atoms with E-state index in [4.69, 9.17) is 4.74 Å². The van der Waals surface area contributed by atoms with Crippen LogP contribution in [0, 0.1) is 5.41 Å². The van der Waals surface area contributed by atoms with Gasteiger partial charge in [-0.3, -0.25) is 0 Å². The van der Waals surface area contributed by atoms with Crippen LogP contribution in [-0.2, 0) is 4.74 Å². The molecule has 0 aromatic rings. The third kappa shape index (κ3) is 0.744. The van der Waals surface area contributed by atoms with Crippen LogP contribution in [0.1, 0.15) is 25.7 Å². The molecule has 1 saturated carbocycles. The van der Waals surface area contributed by atoms with Crippen molar-refractivity contribution in [1.82, 2.24) is 5.32 Å². The van der Waals surface area contributed by atoms with Crippen molar-refractivity contribution in [3.8, 4) is 0 Å². The van der Waals surface area contributed by atoms with Crippen LogP contribution in [0.4, 0.5) is 0 Å². The summed E-state index contributed by atoms with van der Waals surface area (Å²) in [5.74, 6) is 0. The van der Waals surface area contributed by atoms with Gasteiger partial charge in [-0.25, -0.2) is 0 Å². The van der Waals surface area contributed by atoms with Crippen molar-refractivity contribution in [2.75, 3.05) is 19.8 Å². The summed E-state index contributed by atoms with van der Waals surface area (Å²) in [6, 6.07) is 0. The smallest absolute Gasteiger partial charge is 0.0524 e. The molecule has 2 spiro atoms. The molecular formula is C9H15NO. The van der Waals surface area contributed by atoms with Crippen LogP contribution in [0.3, 0.4) is 0 Å². The highest BCUT2D eigenvalue weighted by Gasteiger charge is 2.58. The maximum atomic E-state index is 5.44. The summed E-state index contributed by atoms with van der Waals surface area (Å²) in [6.07, 6.45) is 5.51. The number of ether oxygens (including phenoxy) is 1. The number of rotatable bonds is 0. The molecular weight excluding hydrogens is 138 g/mol. The largest absolute Gasteiger partial charge is 0.381 e. The lowest BCUT2D eigenvalue weighted by Crippen LogP contribution is -2.68. The molecule has 2 heteroatoms. The van der Waals surface area contributed by atoms with E-state index < -0.39 is 0 Å². The highest BCUT2D eigenvalue weighted by atomic mass is 16.5. The highest BCUT2D eigenvalue weighted by Crippen LogP contribution is 2.56. The van der Waals surface area contributed by atoms with E-state index in [1.54, 1.807) is 0 Å². The Balaban J connectivity index is 1.69. The fraction of sp³-hybridized carbons (Fsp3) is 1.00. The average Bonchev–Trinajstić information content (AvgIpc) is 2.25. The van der Waals surface area contributed by atoms with Gasteiger partial charge in [-0.2, -0.15) is 0 Å². The lowest BCUT2D eigenvalue weighted by Gasteiger charge is -2.60. The van der Waals surface area contributed by atoms with Crippen molar-refractivity contribution >= 4 is 0 Å². The molecule has 0 bridgehead atoms. The molecule has 3 rings (SSSR count). The van der Waals surface area contributed by atoms with Gasteiger partial charge in [-0.1, -0.05) is 0 Å². The molecule has 0 aromatic heterocycles. The average molecular weight is 153 g/mol. The molecule has 0 radical (unpaired) electrons. The van der Waals surface area contributed by atoms with Crippen LogP contribution in [0.25, 0.3) is 0 Å². The van der Waals surface area contributed by atoms with E-state index in [0.29, 0.717) is 11.0 Å². The molecule has 3 aliphatic rings. The third-order valence-corrected chi connectivity index (χ3v) is 3.72. The Morgan fingerprint density at radius 2 is 2.00 bits per heavy atom. The van der Waals surface area contributed by atoms with Crippen molar-refractivity contribution in [3.05, 3.63) is 0 Å². The van der Waals surface area contributed by atoms with E-state index in [1.165, 1.54) is 32.2 Å². The second-order valence-electron chi connectivity index (χ2n) is 4.61. The van der Waals surface area contributed by atoms with E-state index in [0.717, 1.165) is 13.2 Å². The second kappa shape index (κ2) is 1.80. The first kappa shape index (κ1) is 6.44. The molecule has 2 heterocycles. The van der Waals surface area contributed by atoms with Crippen LogP contribution < -0.4 is 5.32 Å². The fourth-order valence-electron chi connectivity index (χ4n) is 3.09. The second-order valence-corrected chi connectivity index (χ2v) is 4.61. The monoisotopic (exact) mass is 153 g/mol. The minimum atomic E-state index is 0.591. The summed E-state index contributed by atoms with van der Waals surface area (Å²) in [5, 5.41) is 3.55. The van der Waals surface area contributed by atoms with E-state index in [9.17, 15) is 0 Å². The molecule has 62 valence electrons. The minimum absolute atomic E-state index is 0.591. The molecule has 0 amide bonds. The SMILES string of the molecule is C1CC2(CC3(CCOC3)C2)N1. The summed E-state index contributed by atoms with van der Waals surface area (Å²) in [6.45, 7) is 3.30. The predicted molar refractivity (Wildman–Crippen MR) is 42.5 cm³/mol. The third-order valence-electron chi connectivity index (χ3n) is 3.72. The van der Waals surface area contributed by atoms with Gasteiger partial charge in [-0.05, 0) is 37.6 Å². The predicted octanol–water partition coefficient (Wildman–Crippen LogP) is 0.919. The summed E-state index contributed by atoms with van der Waals surface area (Å²) >= 11 is 0. The van der Waals surface area contributed by atoms with Crippen molar-refractivity contribution in [2.45, 2.75) is 31.2 Å². The molecule has 2 saturated heterocycles. The maximum Gasteiger partial charge on any atom is 0.0524 e. The zero-order valence-electron chi connectivity index (χ0n) is 6.86. The summed E-state index contributed by atoms with van der Waals surface area (Å²) < 4.78 is 5.44. The first-order valence-corrected chi connectivity index (χ1v) is 4.66. The van der Waals surface area contributed by atoms with Gasteiger partial charge < -0.3 is 10.1 Å². The Kier molecular flexibility index (Phi) is 1.06. The highest BCUT2D eigenvalue weighted by molar-refractivity contribution is 5.14. The Bertz CT molecular complexity index is 170. The quantitative estimate of drug-likeness (QED) is 0.558. The lowest BCUT2D eigenvalue weighted by atomic mass is 9.53. The van der Waals surface area contributed by atoms with Gasteiger partial charge in [0.2, 0.25) is 0 Å². The Morgan fingerprint density at radius 1 is 1.18 bits per heavy atom. The molecule has 0 unspecified atom stereocenters. The van der Waals surface area contributed by atoms with E-state index >= 15 is 0 Å². The van der Waals surface area contributed by atoms with Gasteiger partial charge >= 0.3 is 0 Å².